The third-order valence-corrected chi connectivity index (χ3v) is 8.56. The van der Waals surface area contributed by atoms with Gasteiger partial charge in [-0.2, -0.15) is 0 Å². The fourth-order valence-electron chi connectivity index (χ4n) is 4.03. The van der Waals surface area contributed by atoms with Crippen LogP contribution in [0.3, 0.4) is 0 Å². The van der Waals surface area contributed by atoms with Gasteiger partial charge in [0, 0.05) is 11.5 Å². The lowest BCUT2D eigenvalue weighted by molar-refractivity contribution is -0.181. The summed E-state index contributed by atoms with van der Waals surface area (Å²) >= 11 is 1.69. The molecule has 5 nitrogen and oxygen atoms in total. The van der Waals surface area contributed by atoms with Crippen molar-refractivity contribution >= 4 is 20.3 Å². The van der Waals surface area contributed by atoms with E-state index in [1.807, 2.05) is 32.0 Å². The van der Waals surface area contributed by atoms with E-state index in [-0.39, 0.29) is 23.7 Å². The maximum Gasteiger partial charge on any atom is 0.331 e. The second kappa shape index (κ2) is 11.6. The van der Waals surface area contributed by atoms with Gasteiger partial charge in [0.2, 0.25) is 0 Å². The largest absolute Gasteiger partial charge is 0.395 e. The smallest absolute Gasteiger partial charge is 0.331 e. The molecule has 3 rings (SSSR count). The van der Waals surface area contributed by atoms with Crippen molar-refractivity contribution in [2.45, 2.75) is 107 Å². The quantitative estimate of drug-likeness (QED) is 0.257. The van der Waals surface area contributed by atoms with Crippen LogP contribution in [0.4, 0.5) is 0 Å². The highest BCUT2D eigenvalue weighted by molar-refractivity contribution is 7.99. The molecule has 7 heteroatoms. The Kier molecular flexibility index (Phi) is 9.46. The second-order valence-electron chi connectivity index (χ2n) is 9.37. The Hall–Kier alpha value is -0.413. The van der Waals surface area contributed by atoms with Gasteiger partial charge in [-0.25, -0.2) is 0 Å². The Morgan fingerprint density at radius 3 is 2.35 bits per heavy atom. The predicted molar refractivity (Wildman–Crippen MR) is 128 cm³/mol. The Morgan fingerprint density at radius 1 is 0.935 bits per heavy atom. The molecule has 0 unspecified atom stereocenters. The van der Waals surface area contributed by atoms with E-state index in [2.05, 4.69) is 32.2 Å². The Bertz CT molecular complexity index is 657. The summed E-state index contributed by atoms with van der Waals surface area (Å²) in [4.78, 5) is 1.16. The molecule has 0 saturated carbocycles. The molecule has 2 aliphatic heterocycles. The second-order valence-corrected chi connectivity index (χ2v) is 13.9. The standard InChI is InChI=1S/C24H40O5SSi/c1-6-7-8-9-10-14-17-25-31(4,5)26-18-20-21-22(29-24(2,3)28-21)23(27-20)30-19-15-12-11-13-16-19/h11-13,15-16,20-23H,6-10,14,17-18H2,1-5H3/t20-,21-,22-,23-/m1/s1. The average Bonchev–Trinajstić information content (AvgIpc) is 3.20. The number of ether oxygens (including phenoxy) is 3. The topological polar surface area (TPSA) is 46.2 Å². The van der Waals surface area contributed by atoms with Gasteiger partial charge in [0.1, 0.15) is 23.7 Å². The van der Waals surface area contributed by atoms with Gasteiger partial charge in [0.05, 0.1) is 6.61 Å². The zero-order valence-electron chi connectivity index (χ0n) is 19.8. The van der Waals surface area contributed by atoms with Gasteiger partial charge >= 0.3 is 8.56 Å². The third kappa shape index (κ3) is 7.84. The number of hydrogen-bond donors (Lipinski definition) is 0. The van der Waals surface area contributed by atoms with E-state index in [1.54, 1.807) is 11.8 Å². The van der Waals surface area contributed by atoms with E-state index in [9.17, 15) is 0 Å². The number of benzene rings is 1. The summed E-state index contributed by atoms with van der Waals surface area (Å²) in [6, 6.07) is 10.3. The number of rotatable bonds is 13. The first-order valence-electron chi connectivity index (χ1n) is 11.8. The predicted octanol–water partition coefficient (Wildman–Crippen LogP) is 6.12. The molecule has 0 spiro atoms. The van der Waals surface area contributed by atoms with E-state index in [1.165, 1.54) is 32.1 Å². The van der Waals surface area contributed by atoms with Crippen LogP contribution in [0.25, 0.3) is 0 Å². The molecule has 2 aliphatic rings. The normalized spacial score (nSPS) is 27.5. The van der Waals surface area contributed by atoms with Crippen LogP contribution in [-0.4, -0.2) is 51.3 Å². The molecule has 0 radical (unpaired) electrons. The molecule has 0 aromatic heterocycles. The minimum Gasteiger partial charge on any atom is -0.395 e. The number of unbranched alkanes of at least 4 members (excludes halogenated alkanes) is 5. The van der Waals surface area contributed by atoms with E-state index >= 15 is 0 Å². The Balaban J connectivity index is 1.47. The van der Waals surface area contributed by atoms with E-state index < -0.39 is 14.3 Å². The molecule has 1 aromatic rings. The third-order valence-electron chi connectivity index (χ3n) is 5.65. The molecular formula is C24H40O5SSi. The maximum atomic E-state index is 6.36. The number of hydrogen-bond acceptors (Lipinski definition) is 6. The van der Waals surface area contributed by atoms with Gasteiger partial charge in [0.25, 0.3) is 0 Å². The van der Waals surface area contributed by atoms with Crippen LogP contribution in [0.15, 0.2) is 35.2 Å². The van der Waals surface area contributed by atoms with Crippen molar-refractivity contribution in [1.82, 2.24) is 0 Å². The molecule has 4 atom stereocenters. The molecule has 31 heavy (non-hydrogen) atoms. The molecule has 2 fully saturated rings. The highest BCUT2D eigenvalue weighted by Crippen LogP contribution is 2.44. The minimum absolute atomic E-state index is 0.109. The van der Waals surface area contributed by atoms with Crippen LogP contribution in [-0.2, 0) is 23.1 Å². The summed E-state index contributed by atoms with van der Waals surface area (Å²) in [7, 11) is -2.21. The summed E-state index contributed by atoms with van der Waals surface area (Å²) in [5.74, 6) is -0.603. The lowest BCUT2D eigenvalue weighted by atomic mass is 10.1. The van der Waals surface area contributed by atoms with Crippen molar-refractivity contribution in [2.75, 3.05) is 13.2 Å². The Labute approximate surface area is 193 Å². The van der Waals surface area contributed by atoms with Crippen LogP contribution < -0.4 is 0 Å². The lowest BCUT2D eigenvalue weighted by Crippen LogP contribution is -2.41. The molecular weight excluding hydrogens is 428 g/mol. The van der Waals surface area contributed by atoms with Crippen molar-refractivity contribution < 1.29 is 23.1 Å². The number of thioether (sulfide) groups is 1. The summed E-state index contributed by atoms with van der Waals surface area (Å²) in [5.41, 5.74) is -0.114. The minimum atomic E-state index is -2.21. The maximum absolute atomic E-state index is 6.36. The van der Waals surface area contributed by atoms with E-state index in [0.717, 1.165) is 17.9 Å². The van der Waals surface area contributed by atoms with Crippen LogP contribution in [0.2, 0.25) is 13.1 Å². The highest BCUT2D eigenvalue weighted by atomic mass is 32.2. The fraction of sp³-hybridized carbons (Fsp3) is 0.750. The summed E-state index contributed by atoms with van der Waals surface area (Å²) in [6.45, 7) is 11.7. The van der Waals surface area contributed by atoms with Gasteiger partial charge in [-0.3, -0.25) is 0 Å². The first-order chi connectivity index (χ1) is 14.8. The van der Waals surface area contributed by atoms with Gasteiger partial charge < -0.3 is 23.1 Å². The first-order valence-corrected chi connectivity index (χ1v) is 15.5. The zero-order valence-corrected chi connectivity index (χ0v) is 21.6. The molecule has 2 saturated heterocycles. The van der Waals surface area contributed by atoms with Gasteiger partial charge in [-0.1, -0.05) is 69.0 Å². The number of fused-ring (bicyclic) bond motifs is 1. The van der Waals surface area contributed by atoms with Gasteiger partial charge in [-0.15, -0.1) is 0 Å². The van der Waals surface area contributed by atoms with Crippen molar-refractivity contribution in [1.29, 1.82) is 0 Å². The fourth-order valence-corrected chi connectivity index (χ4v) is 6.44. The SMILES string of the molecule is CCCCCCCCO[Si](C)(C)OC[C@H]1O[C@H](Sc2ccccc2)[C@@H]2OC(C)(C)O[C@@H]21. The molecule has 176 valence electrons. The highest BCUT2D eigenvalue weighted by Gasteiger charge is 2.55. The zero-order chi connectivity index (χ0) is 22.3. The monoisotopic (exact) mass is 468 g/mol. The lowest BCUT2D eigenvalue weighted by Gasteiger charge is -2.27. The van der Waals surface area contributed by atoms with Crippen molar-refractivity contribution in [3.05, 3.63) is 30.3 Å². The van der Waals surface area contributed by atoms with E-state index in [0.29, 0.717) is 6.61 Å². The van der Waals surface area contributed by atoms with E-state index in [4.69, 9.17) is 23.1 Å². The molecule has 0 bridgehead atoms. The molecule has 0 amide bonds. The van der Waals surface area contributed by atoms with Crippen molar-refractivity contribution in [3.63, 3.8) is 0 Å². The van der Waals surface area contributed by atoms with Crippen LogP contribution in [0, 0.1) is 0 Å². The van der Waals surface area contributed by atoms with Crippen molar-refractivity contribution in [3.8, 4) is 0 Å². The van der Waals surface area contributed by atoms with Crippen LogP contribution in [0.1, 0.15) is 59.3 Å². The summed E-state index contributed by atoms with van der Waals surface area (Å²) in [5, 5.41) is 0. The van der Waals surface area contributed by atoms with Crippen LogP contribution >= 0.6 is 11.8 Å². The molecule has 2 heterocycles. The molecule has 0 aliphatic carbocycles. The summed E-state index contributed by atoms with van der Waals surface area (Å²) < 4.78 is 31.2. The first kappa shape index (κ1) is 25.2. The van der Waals surface area contributed by atoms with Crippen molar-refractivity contribution in [2.24, 2.45) is 0 Å². The molecule has 1 aromatic carbocycles. The van der Waals surface area contributed by atoms with Crippen LogP contribution in [0.5, 0.6) is 0 Å². The Morgan fingerprint density at radius 2 is 1.61 bits per heavy atom. The van der Waals surface area contributed by atoms with Gasteiger partial charge in [-0.05, 0) is 45.5 Å². The summed E-state index contributed by atoms with van der Waals surface area (Å²) in [6.07, 6.45) is 7.20. The van der Waals surface area contributed by atoms with Gasteiger partial charge in [0.15, 0.2) is 5.79 Å². The molecule has 0 N–H and O–H groups in total. The average molecular weight is 469 g/mol.